The molecule has 0 spiro atoms. The third-order valence-electron chi connectivity index (χ3n) is 5.46. The van der Waals surface area contributed by atoms with Gasteiger partial charge in [0.2, 0.25) is 5.91 Å². The Morgan fingerprint density at radius 1 is 1.06 bits per heavy atom. The smallest absolute Gasteiger partial charge is 0.234 e. The monoisotopic (exact) mass is 436 g/mol. The Morgan fingerprint density at radius 2 is 1.74 bits per heavy atom. The first kappa shape index (κ1) is 21.6. The molecule has 0 bridgehead atoms. The van der Waals surface area contributed by atoms with E-state index >= 15 is 0 Å². The van der Waals surface area contributed by atoms with Gasteiger partial charge in [-0.3, -0.25) is 4.79 Å². The molecule has 3 aromatic rings. The lowest BCUT2D eigenvalue weighted by Crippen LogP contribution is -2.46. The summed E-state index contributed by atoms with van der Waals surface area (Å²) in [6, 6.07) is 13.8. The molecule has 2 atom stereocenters. The average Bonchev–Trinajstić information content (AvgIpc) is 2.74. The molecule has 6 nitrogen and oxygen atoms in total. The third kappa shape index (κ3) is 4.99. The quantitative estimate of drug-likeness (QED) is 0.590. The van der Waals surface area contributed by atoms with Gasteiger partial charge in [0.05, 0.1) is 29.0 Å². The van der Waals surface area contributed by atoms with E-state index in [-0.39, 0.29) is 23.9 Å². The van der Waals surface area contributed by atoms with Crippen LogP contribution in [0.4, 0.5) is 11.5 Å². The Labute approximate surface area is 187 Å². The maximum atomic E-state index is 12.7. The van der Waals surface area contributed by atoms with Crippen molar-refractivity contribution in [2.75, 3.05) is 29.1 Å². The lowest BCUT2D eigenvalue weighted by molar-refractivity contribution is -0.113. The summed E-state index contributed by atoms with van der Waals surface area (Å²) in [5.74, 6) is 1.04. The zero-order valence-corrected chi connectivity index (χ0v) is 19.2. The molecule has 1 N–H and O–H groups in total. The minimum atomic E-state index is -0.0525. The van der Waals surface area contributed by atoms with Gasteiger partial charge in [-0.25, -0.2) is 9.97 Å². The first-order valence-electron chi connectivity index (χ1n) is 10.6. The number of benzene rings is 2. The van der Waals surface area contributed by atoms with E-state index in [0.29, 0.717) is 0 Å². The highest BCUT2D eigenvalue weighted by Crippen LogP contribution is 2.31. The summed E-state index contributed by atoms with van der Waals surface area (Å²) in [5.41, 5.74) is 4.78. The van der Waals surface area contributed by atoms with Crippen molar-refractivity contribution in [3.8, 4) is 0 Å². The van der Waals surface area contributed by atoms with Gasteiger partial charge in [-0.2, -0.15) is 0 Å². The standard InChI is InChI=1S/C24H28N4O2S/c1-15-8-7-11-19(18(15)4)25-22(29)14-31-24-23(28-12-16(2)30-17(3)13-28)26-20-9-5-6-10-21(20)27-24/h5-11,16-17H,12-14H2,1-4H3,(H,25,29). The van der Waals surface area contributed by atoms with Crippen LogP contribution in [0.15, 0.2) is 47.5 Å². The van der Waals surface area contributed by atoms with Gasteiger partial charge in [-0.15, -0.1) is 0 Å². The van der Waals surface area contributed by atoms with Gasteiger partial charge in [0.25, 0.3) is 0 Å². The summed E-state index contributed by atoms with van der Waals surface area (Å²) < 4.78 is 5.89. The molecule has 2 aromatic carbocycles. The van der Waals surface area contributed by atoms with Crippen LogP contribution >= 0.6 is 11.8 Å². The van der Waals surface area contributed by atoms with Crippen LogP contribution in [-0.2, 0) is 9.53 Å². The molecule has 1 fully saturated rings. The first-order chi connectivity index (χ1) is 14.9. The van der Waals surface area contributed by atoms with E-state index < -0.39 is 0 Å². The number of anilines is 2. The van der Waals surface area contributed by atoms with Crippen LogP contribution in [0.2, 0.25) is 0 Å². The molecule has 4 rings (SSSR count). The van der Waals surface area contributed by atoms with E-state index in [1.165, 1.54) is 11.8 Å². The maximum Gasteiger partial charge on any atom is 0.234 e. The fourth-order valence-electron chi connectivity index (χ4n) is 3.83. The van der Waals surface area contributed by atoms with Crippen LogP contribution in [0.5, 0.6) is 0 Å². The number of para-hydroxylation sites is 2. The Morgan fingerprint density at radius 3 is 2.45 bits per heavy atom. The normalized spacial score (nSPS) is 18.9. The van der Waals surface area contributed by atoms with E-state index in [2.05, 4.69) is 24.1 Å². The summed E-state index contributed by atoms with van der Waals surface area (Å²) in [4.78, 5) is 24.7. The van der Waals surface area contributed by atoms with Gasteiger partial charge in [0, 0.05) is 18.8 Å². The largest absolute Gasteiger partial charge is 0.372 e. The highest BCUT2D eigenvalue weighted by molar-refractivity contribution is 8.00. The number of ether oxygens (including phenoxy) is 1. The third-order valence-corrected chi connectivity index (χ3v) is 6.41. The fourth-order valence-corrected chi connectivity index (χ4v) is 4.64. The number of aromatic nitrogens is 2. The Hall–Kier alpha value is -2.64. The molecule has 1 aliphatic heterocycles. The molecule has 31 heavy (non-hydrogen) atoms. The second-order valence-corrected chi connectivity index (χ2v) is 9.05. The number of morpholine rings is 1. The van der Waals surface area contributed by atoms with Crippen molar-refractivity contribution in [3.05, 3.63) is 53.6 Å². The highest BCUT2D eigenvalue weighted by atomic mass is 32.2. The Bertz CT molecular complexity index is 1090. The second kappa shape index (κ2) is 9.24. The number of hydrogen-bond acceptors (Lipinski definition) is 6. The number of thioether (sulfide) groups is 1. The van der Waals surface area contributed by atoms with Crippen molar-refractivity contribution in [2.24, 2.45) is 0 Å². The van der Waals surface area contributed by atoms with E-state index in [1.54, 1.807) is 0 Å². The molecule has 0 saturated carbocycles. The maximum absolute atomic E-state index is 12.7. The minimum Gasteiger partial charge on any atom is -0.372 e. The van der Waals surface area contributed by atoms with Gasteiger partial charge in [0.15, 0.2) is 5.82 Å². The van der Waals surface area contributed by atoms with Crippen LogP contribution in [0.1, 0.15) is 25.0 Å². The second-order valence-electron chi connectivity index (χ2n) is 8.09. The lowest BCUT2D eigenvalue weighted by atomic mass is 10.1. The fraction of sp³-hybridized carbons (Fsp3) is 0.375. The van der Waals surface area contributed by atoms with Crippen LogP contribution in [-0.4, -0.2) is 46.9 Å². The van der Waals surface area contributed by atoms with Crippen LogP contribution in [0, 0.1) is 13.8 Å². The SMILES string of the molecule is Cc1cccc(NC(=O)CSc2nc3ccccc3nc2N2CC(C)OC(C)C2)c1C. The molecule has 1 amide bonds. The highest BCUT2D eigenvalue weighted by Gasteiger charge is 2.26. The van der Waals surface area contributed by atoms with Gasteiger partial charge in [-0.1, -0.05) is 36.0 Å². The molecule has 2 unspecified atom stereocenters. The van der Waals surface area contributed by atoms with Gasteiger partial charge in [-0.05, 0) is 57.0 Å². The van der Waals surface area contributed by atoms with Crippen molar-refractivity contribution in [1.82, 2.24) is 9.97 Å². The molecule has 1 aromatic heterocycles. The summed E-state index contributed by atoms with van der Waals surface area (Å²) in [6.07, 6.45) is 0.227. The van der Waals surface area contributed by atoms with Crippen molar-refractivity contribution in [3.63, 3.8) is 0 Å². The Balaban J connectivity index is 1.57. The van der Waals surface area contributed by atoms with E-state index in [9.17, 15) is 4.79 Å². The van der Waals surface area contributed by atoms with Crippen molar-refractivity contribution >= 4 is 40.2 Å². The predicted molar refractivity (Wildman–Crippen MR) is 127 cm³/mol. The zero-order chi connectivity index (χ0) is 22.0. The summed E-state index contributed by atoms with van der Waals surface area (Å²) >= 11 is 1.43. The number of fused-ring (bicyclic) bond motifs is 1. The predicted octanol–water partition coefficient (Wildman–Crippen LogP) is 4.59. The van der Waals surface area contributed by atoms with E-state index in [0.717, 1.165) is 51.8 Å². The van der Waals surface area contributed by atoms with Crippen molar-refractivity contribution in [2.45, 2.75) is 44.9 Å². The molecular weight excluding hydrogens is 408 g/mol. The van der Waals surface area contributed by atoms with Gasteiger partial charge >= 0.3 is 0 Å². The number of aryl methyl sites for hydroxylation is 1. The average molecular weight is 437 g/mol. The summed E-state index contributed by atoms with van der Waals surface area (Å²) in [5, 5.41) is 3.80. The topological polar surface area (TPSA) is 67.4 Å². The number of nitrogens with zero attached hydrogens (tertiary/aromatic N) is 3. The summed E-state index contributed by atoms with van der Waals surface area (Å²) in [7, 11) is 0. The Kier molecular flexibility index (Phi) is 6.43. The molecule has 1 aliphatic rings. The number of carbonyl (C=O) groups is 1. The number of carbonyl (C=O) groups excluding carboxylic acids is 1. The molecule has 2 heterocycles. The van der Waals surface area contributed by atoms with E-state index in [1.807, 2.05) is 56.3 Å². The molecular formula is C24H28N4O2S. The number of hydrogen-bond donors (Lipinski definition) is 1. The number of amides is 1. The molecule has 7 heteroatoms. The molecule has 162 valence electrons. The van der Waals surface area contributed by atoms with Gasteiger partial charge < -0.3 is 15.0 Å². The molecule has 0 aliphatic carbocycles. The minimum absolute atomic E-state index is 0.0525. The van der Waals surface area contributed by atoms with Crippen molar-refractivity contribution < 1.29 is 9.53 Å². The number of rotatable bonds is 5. The van der Waals surface area contributed by atoms with Crippen LogP contribution in [0.3, 0.4) is 0 Å². The zero-order valence-electron chi connectivity index (χ0n) is 18.4. The van der Waals surface area contributed by atoms with Crippen molar-refractivity contribution in [1.29, 1.82) is 0 Å². The van der Waals surface area contributed by atoms with Crippen LogP contribution in [0.25, 0.3) is 11.0 Å². The first-order valence-corrected chi connectivity index (χ1v) is 11.6. The van der Waals surface area contributed by atoms with E-state index in [4.69, 9.17) is 14.7 Å². The lowest BCUT2D eigenvalue weighted by Gasteiger charge is -2.36. The molecule has 0 radical (unpaired) electrons. The molecule has 1 saturated heterocycles. The van der Waals surface area contributed by atoms with Gasteiger partial charge in [0.1, 0.15) is 5.03 Å². The van der Waals surface area contributed by atoms with Crippen LogP contribution < -0.4 is 10.2 Å². The summed E-state index contributed by atoms with van der Waals surface area (Å²) in [6.45, 7) is 9.70. The number of nitrogens with one attached hydrogen (secondary N) is 1.